The summed E-state index contributed by atoms with van der Waals surface area (Å²) in [7, 11) is -5.14. The van der Waals surface area contributed by atoms with Crippen LogP contribution in [0.15, 0.2) is 24.3 Å². The highest BCUT2D eigenvalue weighted by atomic mass is 31.2. The highest BCUT2D eigenvalue weighted by molar-refractivity contribution is 7.47. The number of phosphoric ester groups is 1. The summed E-state index contributed by atoms with van der Waals surface area (Å²) in [5.74, 6) is -0.605. The van der Waals surface area contributed by atoms with Crippen LogP contribution in [0.2, 0.25) is 0 Å². The van der Waals surface area contributed by atoms with Gasteiger partial charge >= 0.3 is 7.82 Å². The van der Waals surface area contributed by atoms with Crippen LogP contribution in [0.1, 0.15) is 168 Å². The van der Waals surface area contributed by atoms with Crippen LogP contribution in [0.5, 0.6) is 0 Å². The number of unbranched alkanes of at least 4 members (excludes halogenated alkanes) is 19. The molecule has 9 N–H and O–H groups in total. The van der Waals surface area contributed by atoms with Crippen LogP contribution in [0.4, 0.5) is 0 Å². The highest BCUT2D eigenvalue weighted by Crippen LogP contribution is 2.47. The monoisotopic (exact) mass is 808 g/mol. The molecule has 0 spiro atoms. The molecule has 1 aliphatic rings. The number of amides is 1. The van der Waals surface area contributed by atoms with E-state index in [1.54, 1.807) is 6.08 Å². The van der Waals surface area contributed by atoms with Gasteiger partial charge in [-0.3, -0.25) is 13.8 Å². The van der Waals surface area contributed by atoms with E-state index in [1.165, 1.54) is 96.0 Å². The third-order valence-corrected chi connectivity index (χ3v) is 11.3. The molecule has 1 fully saturated rings. The predicted molar refractivity (Wildman–Crippen MR) is 215 cm³/mol. The van der Waals surface area contributed by atoms with Crippen molar-refractivity contribution in [2.75, 3.05) is 6.61 Å². The van der Waals surface area contributed by atoms with Crippen LogP contribution in [-0.4, -0.2) is 108 Å². The molecule has 1 saturated carbocycles. The van der Waals surface area contributed by atoms with Gasteiger partial charge in [0.15, 0.2) is 0 Å². The summed E-state index contributed by atoms with van der Waals surface area (Å²) < 4.78 is 22.8. The van der Waals surface area contributed by atoms with E-state index in [9.17, 15) is 50.0 Å². The standard InChI is InChI=1S/C41H78NO12P/c1-3-5-7-9-11-13-15-16-17-18-19-21-23-25-27-29-34(44)33(31-53-55(51,52)54-41-39(49)37(47)36(46)38(48)40(41)50)42-35(45)30-32(43)28-26-24-22-20-14-12-10-8-6-4-2/h19,21,27,29,32-34,36-41,43-44,46-50H,3-18,20,22-26,28,30-31H2,1-2H3,(H,42,45)(H,51,52)/b21-19+,29-27+. The molecule has 14 heteroatoms. The Kier molecular flexibility index (Phi) is 29.9. The molecule has 8 unspecified atom stereocenters. The Morgan fingerprint density at radius 1 is 0.636 bits per heavy atom. The van der Waals surface area contributed by atoms with Crippen molar-refractivity contribution >= 4 is 13.7 Å². The van der Waals surface area contributed by atoms with Crippen molar-refractivity contribution in [3.63, 3.8) is 0 Å². The molecule has 1 amide bonds. The van der Waals surface area contributed by atoms with Crippen molar-refractivity contribution in [3.8, 4) is 0 Å². The van der Waals surface area contributed by atoms with Crippen molar-refractivity contribution < 1.29 is 59.0 Å². The van der Waals surface area contributed by atoms with Crippen molar-refractivity contribution in [2.45, 2.75) is 223 Å². The zero-order valence-electron chi connectivity index (χ0n) is 33.8. The maximum Gasteiger partial charge on any atom is 0.472 e. The molecule has 0 bridgehead atoms. The van der Waals surface area contributed by atoms with Crippen LogP contribution in [0, 0.1) is 0 Å². The maximum absolute atomic E-state index is 12.9. The van der Waals surface area contributed by atoms with Crippen LogP contribution in [0.25, 0.3) is 0 Å². The molecule has 0 aromatic rings. The lowest BCUT2D eigenvalue weighted by Crippen LogP contribution is -2.64. The quantitative estimate of drug-likeness (QED) is 0.0207. The SMILES string of the molecule is CCCCCCCCCCC/C=C/CC/C=C/C(O)C(COP(=O)(O)OC1C(O)C(O)C(O)C(O)C1O)NC(=O)CC(O)CCCCCCCCCCCC. The van der Waals surface area contributed by atoms with Gasteiger partial charge in [0.1, 0.15) is 36.6 Å². The Balaban J connectivity index is 2.64. The van der Waals surface area contributed by atoms with E-state index in [2.05, 4.69) is 31.3 Å². The Morgan fingerprint density at radius 3 is 1.60 bits per heavy atom. The molecule has 55 heavy (non-hydrogen) atoms. The van der Waals surface area contributed by atoms with Gasteiger partial charge < -0.3 is 46.0 Å². The molecule has 0 saturated heterocycles. The lowest BCUT2D eigenvalue weighted by atomic mass is 9.85. The number of carbonyl (C=O) groups excluding carboxylic acids is 1. The lowest BCUT2D eigenvalue weighted by Gasteiger charge is -2.41. The molecule has 1 aliphatic carbocycles. The van der Waals surface area contributed by atoms with Gasteiger partial charge in [0.2, 0.25) is 5.91 Å². The van der Waals surface area contributed by atoms with E-state index in [0.717, 1.165) is 44.9 Å². The number of nitrogens with one attached hydrogen (secondary N) is 1. The van der Waals surface area contributed by atoms with E-state index in [-0.39, 0.29) is 6.42 Å². The number of aliphatic hydroxyl groups excluding tert-OH is 7. The summed E-state index contributed by atoms with van der Waals surface area (Å²) in [6.07, 6.45) is 18.6. The van der Waals surface area contributed by atoms with Crippen LogP contribution < -0.4 is 5.32 Å². The summed E-state index contributed by atoms with van der Waals surface area (Å²) in [6.45, 7) is 3.68. The second kappa shape index (κ2) is 31.7. The smallest absolute Gasteiger partial charge is 0.393 e. The Labute approximate surface area is 331 Å². The van der Waals surface area contributed by atoms with E-state index in [0.29, 0.717) is 12.8 Å². The van der Waals surface area contributed by atoms with Crippen molar-refractivity contribution in [1.82, 2.24) is 5.32 Å². The topological polar surface area (TPSA) is 226 Å². The first-order chi connectivity index (χ1) is 26.3. The molecule has 0 heterocycles. The van der Waals surface area contributed by atoms with Gasteiger partial charge in [-0.05, 0) is 32.1 Å². The van der Waals surface area contributed by atoms with Crippen LogP contribution in [0.3, 0.4) is 0 Å². The fourth-order valence-corrected chi connectivity index (χ4v) is 7.69. The Morgan fingerprint density at radius 2 is 1.07 bits per heavy atom. The summed E-state index contributed by atoms with van der Waals surface area (Å²) in [6, 6.07) is -1.25. The van der Waals surface area contributed by atoms with Gasteiger partial charge in [-0.15, -0.1) is 0 Å². The number of rotatable bonds is 34. The van der Waals surface area contributed by atoms with E-state index in [1.807, 2.05) is 0 Å². The predicted octanol–water partition coefficient (Wildman–Crippen LogP) is 6.03. The molecule has 0 radical (unpaired) electrons. The number of hydrogen-bond donors (Lipinski definition) is 9. The van der Waals surface area contributed by atoms with Crippen LogP contribution in [-0.2, 0) is 18.4 Å². The van der Waals surface area contributed by atoms with Gasteiger partial charge in [0.25, 0.3) is 0 Å². The molecule has 8 atom stereocenters. The highest BCUT2D eigenvalue weighted by Gasteiger charge is 2.51. The van der Waals surface area contributed by atoms with Gasteiger partial charge in [0, 0.05) is 0 Å². The third-order valence-electron chi connectivity index (χ3n) is 10.3. The van der Waals surface area contributed by atoms with Gasteiger partial charge in [0.05, 0.1) is 31.3 Å². The Hall–Kier alpha value is -1.22. The average molecular weight is 808 g/mol. The minimum atomic E-state index is -5.14. The first kappa shape index (κ1) is 51.8. The van der Waals surface area contributed by atoms with Crippen LogP contribution >= 0.6 is 7.82 Å². The molecule has 0 aliphatic heterocycles. The molecule has 0 aromatic carbocycles. The average Bonchev–Trinajstić information content (AvgIpc) is 3.15. The molecular weight excluding hydrogens is 729 g/mol. The minimum Gasteiger partial charge on any atom is -0.393 e. The number of hydrogen-bond acceptors (Lipinski definition) is 11. The van der Waals surface area contributed by atoms with Gasteiger partial charge in [-0.1, -0.05) is 154 Å². The summed E-state index contributed by atoms with van der Waals surface area (Å²) in [5.41, 5.74) is 0. The fourth-order valence-electron chi connectivity index (χ4n) is 6.73. The second-order valence-electron chi connectivity index (χ2n) is 15.4. The molecular formula is C41H78NO12P. The Bertz CT molecular complexity index is 1050. The first-order valence-electron chi connectivity index (χ1n) is 21.4. The molecule has 0 aromatic heterocycles. The minimum absolute atomic E-state index is 0.250. The normalized spacial score (nSPS) is 24.6. The third kappa shape index (κ3) is 24.3. The summed E-state index contributed by atoms with van der Waals surface area (Å²) in [5, 5.41) is 74.1. The molecule has 13 nitrogen and oxygen atoms in total. The zero-order chi connectivity index (χ0) is 40.9. The van der Waals surface area contributed by atoms with E-state index >= 15 is 0 Å². The van der Waals surface area contributed by atoms with E-state index in [4.69, 9.17) is 9.05 Å². The number of aliphatic hydroxyl groups is 7. The maximum atomic E-state index is 12.9. The lowest BCUT2D eigenvalue weighted by molar-refractivity contribution is -0.220. The van der Waals surface area contributed by atoms with Gasteiger partial charge in [-0.2, -0.15) is 0 Å². The number of carbonyl (C=O) groups is 1. The fraction of sp³-hybridized carbons (Fsp3) is 0.878. The molecule has 324 valence electrons. The van der Waals surface area contributed by atoms with Crippen molar-refractivity contribution in [3.05, 3.63) is 24.3 Å². The van der Waals surface area contributed by atoms with E-state index < -0.39 is 75.2 Å². The first-order valence-corrected chi connectivity index (χ1v) is 22.9. The number of allylic oxidation sites excluding steroid dienone is 3. The summed E-state index contributed by atoms with van der Waals surface area (Å²) in [4.78, 5) is 23.3. The molecule has 1 rings (SSSR count). The van der Waals surface area contributed by atoms with Gasteiger partial charge in [-0.25, -0.2) is 4.57 Å². The zero-order valence-corrected chi connectivity index (χ0v) is 34.7. The number of phosphoric acid groups is 1. The summed E-state index contributed by atoms with van der Waals surface area (Å²) >= 11 is 0. The van der Waals surface area contributed by atoms with Crippen molar-refractivity contribution in [1.29, 1.82) is 0 Å². The van der Waals surface area contributed by atoms with Crippen molar-refractivity contribution in [2.24, 2.45) is 0 Å². The second-order valence-corrected chi connectivity index (χ2v) is 16.8. The largest absolute Gasteiger partial charge is 0.472 e.